The van der Waals surface area contributed by atoms with Crippen LogP contribution in [0.15, 0.2) is 18.2 Å². The van der Waals surface area contributed by atoms with Gasteiger partial charge < -0.3 is 11.1 Å². The Morgan fingerprint density at radius 1 is 1.33 bits per heavy atom. The minimum Gasteiger partial charge on any atom is -0.375 e. The van der Waals surface area contributed by atoms with E-state index in [2.05, 4.69) is 43.2 Å². The van der Waals surface area contributed by atoms with Crippen molar-refractivity contribution in [2.75, 3.05) is 12.3 Å². The molecule has 4 heteroatoms. The molecule has 0 saturated carbocycles. The van der Waals surface area contributed by atoms with Crippen LogP contribution >= 0.6 is 11.3 Å². The third kappa shape index (κ3) is 3.21. The van der Waals surface area contributed by atoms with Gasteiger partial charge in [0.05, 0.1) is 10.2 Å². The molecule has 0 aliphatic carbocycles. The highest BCUT2D eigenvalue weighted by Crippen LogP contribution is 2.24. The number of hydrogen-bond donors (Lipinski definition) is 2. The molecule has 1 heterocycles. The smallest absolute Gasteiger partial charge is 0.181 e. The van der Waals surface area contributed by atoms with E-state index in [0.29, 0.717) is 11.0 Å². The van der Waals surface area contributed by atoms with E-state index in [1.807, 2.05) is 6.07 Å². The van der Waals surface area contributed by atoms with Crippen molar-refractivity contribution in [3.05, 3.63) is 23.8 Å². The Balaban J connectivity index is 1.95. The Bertz CT molecular complexity index is 519. The van der Waals surface area contributed by atoms with Crippen molar-refractivity contribution in [1.29, 1.82) is 0 Å². The normalized spacial score (nSPS) is 13.3. The number of fused-ring (bicyclic) bond motifs is 1. The zero-order valence-electron chi connectivity index (χ0n) is 11.2. The Morgan fingerprint density at radius 3 is 2.83 bits per heavy atom. The highest BCUT2D eigenvalue weighted by Gasteiger charge is 2.06. The highest BCUT2D eigenvalue weighted by molar-refractivity contribution is 7.22. The van der Waals surface area contributed by atoms with Gasteiger partial charge in [0.25, 0.3) is 0 Å². The van der Waals surface area contributed by atoms with E-state index in [0.717, 1.165) is 24.5 Å². The van der Waals surface area contributed by atoms with Gasteiger partial charge in [-0.15, -0.1) is 0 Å². The average molecular weight is 263 g/mol. The zero-order valence-corrected chi connectivity index (χ0v) is 12.1. The van der Waals surface area contributed by atoms with Crippen molar-refractivity contribution in [3.8, 4) is 0 Å². The maximum atomic E-state index is 5.71. The average Bonchev–Trinajstić information content (AvgIpc) is 2.68. The molecule has 3 N–H and O–H groups in total. The first kappa shape index (κ1) is 13.3. The molecular formula is C14H21N3S. The summed E-state index contributed by atoms with van der Waals surface area (Å²) in [4.78, 5) is 4.26. The van der Waals surface area contributed by atoms with Crippen LogP contribution in [0.25, 0.3) is 10.2 Å². The van der Waals surface area contributed by atoms with E-state index in [9.17, 15) is 0 Å². The summed E-state index contributed by atoms with van der Waals surface area (Å²) >= 11 is 1.55. The molecule has 0 radical (unpaired) electrons. The summed E-state index contributed by atoms with van der Waals surface area (Å²) in [5.41, 5.74) is 8.00. The molecule has 1 aromatic heterocycles. The molecule has 18 heavy (non-hydrogen) atoms. The zero-order chi connectivity index (χ0) is 13.1. The topological polar surface area (TPSA) is 50.9 Å². The van der Waals surface area contributed by atoms with Crippen molar-refractivity contribution in [3.63, 3.8) is 0 Å². The Kier molecular flexibility index (Phi) is 4.19. The Morgan fingerprint density at radius 2 is 2.11 bits per heavy atom. The van der Waals surface area contributed by atoms with Gasteiger partial charge in [0.2, 0.25) is 0 Å². The number of nitrogens with zero attached hydrogens (tertiary/aromatic N) is 1. The number of anilines is 1. The summed E-state index contributed by atoms with van der Waals surface area (Å²) in [5.74, 6) is 1.43. The first-order chi connectivity index (χ1) is 8.56. The quantitative estimate of drug-likeness (QED) is 0.870. The molecule has 0 spiro atoms. The number of nitrogen functional groups attached to an aromatic ring is 1. The number of nitrogens with two attached hydrogens (primary N) is 1. The van der Waals surface area contributed by atoms with E-state index in [1.54, 1.807) is 11.3 Å². The summed E-state index contributed by atoms with van der Waals surface area (Å²) in [5, 5.41) is 4.15. The molecule has 0 aliphatic heterocycles. The van der Waals surface area contributed by atoms with E-state index in [4.69, 9.17) is 5.73 Å². The van der Waals surface area contributed by atoms with Crippen LogP contribution in [-0.4, -0.2) is 11.5 Å². The van der Waals surface area contributed by atoms with Crippen LogP contribution in [0.3, 0.4) is 0 Å². The van der Waals surface area contributed by atoms with Crippen molar-refractivity contribution in [2.24, 2.45) is 11.8 Å². The largest absolute Gasteiger partial charge is 0.375 e. The molecule has 2 rings (SSSR count). The third-order valence-electron chi connectivity index (χ3n) is 3.40. The van der Waals surface area contributed by atoms with E-state index in [1.165, 1.54) is 10.3 Å². The second kappa shape index (κ2) is 5.67. The van der Waals surface area contributed by atoms with Crippen LogP contribution in [0.5, 0.6) is 0 Å². The van der Waals surface area contributed by atoms with E-state index >= 15 is 0 Å². The van der Waals surface area contributed by atoms with Gasteiger partial charge in [-0.05, 0) is 36.1 Å². The van der Waals surface area contributed by atoms with Crippen molar-refractivity contribution in [2.45, 2.75) is 27.3 Å². The molecule has 0 saturated heterocycles. The second-order valence-electron chi connectivity index (χ2n) is 5.21. The predicted octanol–water partition coefficient (Wildman–Crippen LogP) is 3.26. The molecule has 1 atom stereocenters. The van der Waals surface area contributed by atoms with Gasteiger partial charge in [0.1, 0.15) is 0 Å². The van der Waals surface area contributed by atoms with Gasteiger partial charge in [0.15, 0.2) is 5.13 Å². The molecule has 0 aliphatic rings. The molecule has 0 fully saturated rings. The SMILES string of the molecule is CC(C)C(C)CNCc1ccc2nc(N)sc2c1. The number of thiazole rings is 1. The third-order valence-corrected chi connectivity index (χ3v) is 4.25. The second-order valence-corrected chi connectivity index (χ2v) is 6.27. The van der Waals surface area contributed by atoms with E-state index in [-0.39, 0.29) is 0 Å². The van der Waals surface area contributed by atoms with Gasteiger partial charge in [-0.3, -0.25) is 0 Å². The van der Waals surface area contributed by atoms with Crippen LogP contribution in [0.1, 0.15) is 26.3 Å². The van der Waals surface area contributed by atoms with Gasteiger partial charge in [0, 0.05) is 6.54 Å². The van der Waals surface area contributed by atoms with Crippen molar-refractivity contribution < 1.29 is 0 Å². The lowest BCUT2D eigenvalue weighted by molar-refractivity contribution is 0.392. The summed E-state index contributed by atoms with van der Waals surface area (Å²) in [6.07, 6.45) is 0. The molecule has 98 valence electrons. The fraction of sp³-hybridized carbons (Fsp3) is 0.500. The maximum absolute atomic E-state index is 5.71. The van der Waals surface area contributed by atoms with E-state index < -0.39 is 0 Å². The first-order valence-corrected chi connectivity index (χ1v) is 7.23. The Labute approximate surface area is 112 Å². The number of rotatable bonds is 5. The van der Waals surface area contributed by atoms with Crippen LogP contribution in [0.2, 0.25) is 0 Å². The van der Waals surface area contributed by atoms with Crippen LogP contribution < -0.4 is 11.1 Å². The summed E-state index contributed by atoms with van der Waals surface area (Å²) in [6.45, 7) is 8.77. The van der Waals surface area contributed by atoms with Gasteiger partial charge >= 0.3 is 0 Å². The number of benzene rings is 1. The lowest BCUT2D eigenvalue weighted by atomic mass is 9.98. The number of nitrogens with one attached hydrogen (secondary N) is 1. The summed E-state index contributed by atoms with van der Waals surface area (Å²) < 4.78 is 1.17. The highest BCUT2D eigenvalue weighted by atomic mass is 32.1. The van der Waals surface area contributed by atoms with Crippen molar-refractivity contribution >= 4 is 26.7 Å². The minimum absolute atomic E-state index is 0.642. The van der Waals surface area contributed by atoms with Crippen LogP contribution in [-0.2, 0) is 6.54 Å². The monoisotopic (exact) mass is 263 g/mol. The minimum atomic E-state index is 0.642. The van der Waals surface area contributed by atoms with Gasteiger partial charge in [-0.25, -0.2) is 4.98 Å². The Hall–Kier alpha value is -1.13. The molecule has 0 bridgehead atoms. The lowest BCUT2D eigenvalue weighted by Crippen LogP contribution is -2.23. The van der Waals surface area contributed by atoms with Crippen LogP contribution in [0, 0.1) is 11.8 Å². The summed E-state index contributed by atoms with van der Waals surface area (Å²) in [6, 6.07) is 6.34. The maximum Gasteiger partial charge on any atom is 0.181 e. The lowest BCUT2D eigenvalue weighted by Gasteiger charge is -2.16. The fourth-order valence-electron chi connectivity index (χ4n) is 1.78. The molecule has 2 aromatic rings. The van der Waals surface area contributed by atoms with Gasteiger partial charge in [-0.1, -0.05) is 38.2 Å². The van der Waals surface area contributed by atoms with Crippen molar-refractivity contribution in [1.82, 2.24) is 10.3 Å². The first-order valence-electron chi connectivity index (χ1n) is 6.42. The molecular weight excluding hydrogens is 242 g/mol. The summed E-state index contributed by atoms with van der Waals surface area (Å²) in [7, 11) is 0. The fourth-order valence-corrected chi connectivity index (χ4v) is 2.57. The molecule has 1 aromatic carbocycles. The number of aromatic nitrogens is 1. The van der Waals surface area contributed by atoms with Crippen LogP contribution in [0.4, 0.5) is 5.13 Å². The molecule has 0 amide bonds. The number of hydrogen-bond acceptors (Lipinski definition) is 4. The predicted molar refractivity (Wildman–Crippen MR) is 79.7 cm³/mol. The molecule has 3 nitrogen and oxygen atoms in total. The standard InChI is InChI=1S/C14H21N3S/c1-9(2)10(3)7-16-8-11-4-5-12-13(6-11)18-14(15)17-12/h4-6,9-10,16H,7-8H2,1-3H3,(H2,15,17). The van der Waals surface area contributed by atoms with Gasteiger partial charge in [-0.2, -0.15) is 0 Å². The molecule has 1 unspecified atom stereocenters.